The van der Waals surface area contributed by atoms with Crippen LogP contribution in [-0.4, -0.2) is 33.4 Å². The van der Waals surface area contributed by atoms with Crippen LogP contribution < -0.4 is 14.8 Å². The van der Waals surface area contributed by atoms with Gasteiger partial charge >= 0.3 is 5.97 Å². The van der Waals surface area contributed by atoms with Crippen molar-refractivity contribution in [2.24, 2.45) is 0 Å². The van der Waals surface area contributed by atoms with E-state index in [1.54, 1.807) is 4.68 Å². The summed E-state index contributed by atoms with van der Waals surface area (Å²) in [5.41, 5.74) is 3.94. The third kappa shape index (κ3) is 7.48. The molecule has 0 radical (unpaired) electrons. The maximum Gasteiger partial charge on any atom is 0.338 e. The Bertz CT molecular complexity index is 1720. The molecule has 6 rings (SSSR count). The van der Waals surface area contributed by atoms with Gasteiger partial charge in [-0.3, -0.25) is 0 Å². The summed E-state index contributed by atoms with van der Waals surface area (Å²) in [6, 6.07) is 20.4. The Morgan fingerprint density at radius 3 is 2.54 bits per heavy atom. The number of aromatic nitrogens is 3. The van der Waals surface area contributed by atoms with Crippen molar-refractivity contribution in [1.82, 2.24) is 14.8 Å². The van der Waals surface area contributed by atoms with Gasteiger partial charge in [0.05, 0.1) is 12.2 Å². The summed E-state index contributed by atoms with van der Waals surface area (Å²) < 4.78 is 20.1. The van der Waals surface area contributed by atoms with E-state index in [0.29, 0.717) is 62.9 Å². The van der Waals surface area contributed by atoms with Gasteiger partial charge in [-0.1, -0.05) is 77.8 Å². The molecule has 1 aromatic heterocycles. The molecule has 1 unspecified atom stereocenters. The Morgan fingerprint density at radius 2 is 1.78 bits per heavy atom. The number of carbonyl (C=O) groups excluding carboxylic acids is 1. The second kappa shape index (κ2) is 14.8. The summed E-state index contributed by atoms with van der Waals surface area (Å²) in [6.45, 7) is 4.60. The number of hydrogen-bond donors (Lipinski definition) is 1. The van der Waals surface area contributed by atoms with Crippen molar-refractivity contribution >= 4 is 46.9 Å². The number of fused-ring (bicyclic) bond motifs is 1. The monoisotopic (exact) mass is 678 g/mol. The van der Waals surface area contributed by atoms with E-state index in [1.807, 2.05) is 80.6 Å². The molecule has 0 spiro atoms. The van der Waals surface area contributed by atoms with Crippen LogP contribution in [0.5, 0.6) is 11.5 Å². The zero-order chi connectivity index (χ0) is 32.0. The number of benzene rings is 3. The maximum absolute atomic E-state index is 13.9. The predicted molar refractivity (Wildman–Crippen MR) is 182 cm³/mol. The van der Waals surface area contributed by atoms with Gasteiger partial charge in [-0.2, -0.15) is 4.98 Å². The van der Waals surface area contributed by atoms with Gasteiger partial charge in [0.25, 0.3) is 0 Å². The highest BCUT2D eigenvalue weighted by Crippen LogP contribution is 2.41. The van der Waals surface area contributed by atoms with Crippen molar-refractivity contribution < 1.29 is 19.0 Å². The molecule has 1 fully saturated rings. The van der Waals surface area contributed by atoms with Gasteiger partial charge in [0, 0.05) is 21.5 Å². The topological polar surface area (TPSA) is 87.5 Å². The predicted octanol–water partition coefficient (Wildman–Crippen LogP) is 9.02. The van der Waals surface area contributed by atoms with Crippen molar-refractivity contribution in [3.05, 3.63) is 105 Å². The first-order valence-electron chi connectivity index (χ1n) is 15.5. The summed E-state index contributed by atoms with van der Waals surface area (Å²) in [4.78, 5) is 18.7. The second-order valence-electron chi connectivity index (χ2n) is 11.3. The third-order valence-corrected chi connectivity index (χ3v) is 9.59. The molecule has 1 aliphatic carbocycles. The molecule has 1 atom stereocenters. The van der Waals surface area contributed by atoms with Crippen LogP contribution >= 0.6 is 35.0 Å². The van der Waals surface area contributed by atoms with Crippen molar-refractivity contribution in [2.75, 3.05) is 11.9 Å². The lowest BCUT2D eigenvalue weighted by Crippen LogP contribution is -2.32. The number of carbonyl (C=O) groups is 1. The molecule has 4 aromatic rings. The molecule has 1 saturated carbocycles. The minimum atomic E-state index is -0.598. The fourth-order valence-electron chi connectivity index (χ4n) is 5.74. The van der Waals surface area contributed by atoms with E-state index in [1.165, 1.54) is 18.2 Å². The number of allylic oxidation sites excluding steroid dienone is 1. The van der Waals surface area contributed by atoms with E-state index < -0.39 is 6.04 Å². The number of hydrogen-bond acceptors (Lipinski definition) is 8. The zero-order valence-electron chi connectivity index (χ0n) is 25.8. The number of ether oxygens (including phenoxy) is 3. The van der Waals surface area contributed by atoms with Gasteiger partial charge in [-0.15, -0.1) is 5.10 Å². The van der Waals surface area contributed by atoms with Crippen LogP contribution in [0.1, 0.15) is 68.7 Å². The van der Waals surface area contributed by atoms with Gasteiger partial charge in [0.15, 0.2) is 11.5 Å². The molecule has 2 aliphatic rings. The number of thioether (sulfide) groups is 1. The van der Waals surface area contributed by atoms with E-state index in [4.69, 9.17) is 47.5 Å². The molecule has 1 N–H and O–H groups in total. The van der Waals surface area contributed by atoms with Crippen LogP contribution in [0, 0.1) is 0 Å². The summed E-state index contributed by atoms with van der Waals surface area (Å²) in [6.07, 6.45) is 4.95. The molecule has 2 heterocycles. The van der Waals surface area contributed by atoms with Gasteiger partial charge in [0.1, 0.15) is 18.8 Å². The highest BCUT2D eigenvalue weighted by atomic mass is 35.5. The minimum Gasteiger partial charge on any atom is -0.490 e. The van der Waals surface area contributed by atoms with E-state index >= 15 is 0 Å². The lowest BCUT2D eigenvalue weighted by Gasteiger charge is -2.30. The molecular formula is C35H36Cl2N4O4S. The molecular weight excluding hydrogens is 643 g/mol. The molecule has 240 valence electrons. The van der Waals surface area contributed by atoms with Gasteiger partial charge in [-0.25, -0.2) is 9.48 Å². The molecule has 8 nitrogen and oxygen atoms in total. The number of halogens is 2. The number of rotatable bonds is 11. The van der Waals surface area contributed by atoms with Crippen molar-refractivity contribution in [2.45, 2.75) is 75.6 Å². The summed E-state index contributed by atoms with van der Waals surface area (Å²) in [5, 5.41) is 10.1. The van der Waals surface area contributed by atoms with Crippen LogP contribution in [0.25, 0.3) is 0 Å². The highest BCUT2D eigenvalue weighted by molar-refractivity contribution is 7.98. The Kier molecular flexibility index (Phi) is 10.4. The highest BCUT2D eigenvalue weighted by Gasteiger charge is 2.37. The van der Waals surface area contributed by atoms with Crippen LogP contribution in [0.15, 0.2) is 83.2 Å². The number of nitrogens with zero attached hydrogens (tertiary/aromatic N) is 3. The zero-order valence-corrected chi connectivity index (χ0v) is 28.1. The number of nitrogens with one attached hydrogen (secondary N) is 1. The van der Waals surface area contributed by atoms with E-state index in [2.05, 4.69) is 5.32 Å². The Balaban J connectivity index is 1.33. The van der Waals surface area contributed by atoms with E-state index in [-0.39, 0.29) is 12.1 Å². The smallest absolute Gasteiger partial charge is 0.338 e. The van der Waals surface area contributed by atoms with Crippen molar-refractivity contribution in [3.8, 4) is 11.5 Å². The fraction of sp³-hybridized carbons (Fsp3) is 0.343. The standard InChI is InChI=1S/C35H36Cl2N4O4S/c1-3-43-30-19-24(15-18-29(30)44-20-23-13-16-26(36)17-14-23)32-31(33(42)45-27-10-5-4-6-11-27)22(2)38-34-39-35(40-41(32)34)46-21-25-9-7-8-12-28(25)37/h7-9,12-19,27,32H,3-6,10-11,20-21H2,1-2H3,(H,38,39,40). The first-order chi connectivity index (χ1) is 22.4. The molecule has 1 aliphatic heterocycles. The van der Waals surface area contributed by atoms with Crippen molar-refractivity contribution in [3.63, 3.8) is 0 Å². The van der Waals surface area contributed by atoms with E-state index in [9.17, 15) is 4.79 Å². The normalized spacial score (nSPS) is 16.5. The van der Waals surface area contributed by atoms with E-state index in [0.717, 1.165) is 42.4 Å². The van der Waals surface area contributed by atoms with Crippen LogP contribution in [-0.2, 0) is 21.9 Å². The number of anilines is 1. The number of esters is 1. The summed E-state index contributed by atoms with van der Waals surface area (Å²) in [5.74, 6) is 1.95. The molecule has 46 heavy (non-hydrogen) atoms. The SMILES string of the molecule is CCOc1cc(C2C(C(=O)OC3CCCCC3)=C(C)Nc3nc(SCc4ccccc4Cl)nn32)ccc1OCc1ccc(Cl)cc1. The largest absolute Gasteiger partial charge is 0.490 e. The van der Waals surface area contributed by atoms with Gasteiger partial charge < -0.3 is 19.5 Å². The third-order valence-electron chi connectivity index (χ3n) is 8.08. The van der Waals surface area contributed by atoms with Gasteiger partial charge in [0.2, 0.25) is 11.1 Å². The first-order valence-corrected chi connectivity index (χ1v) is 17.3. The summed E-state index contributed by atoms with van der Waals surface area (Å²) in [7, 11) is 0. The van der Waals surface area contributed by atoms with Crippen molar-refractivity contribution in [1.29, 1.82) is 0 Å². The van der Waals surface area contributed by atoms with Crippen LogP contribution in [0.2, 0.25) is 10.0 Å². The average Bonchev–Trinajstić information content (AvgIpc) is 3.46. The maximum atomic E-state index is 13.9. The average molecular weight is 680 g/mol. The first kappa shape index (κ1) is 32.3. The quantitative estimate of drug-likeness (QED) is 0.124. The van der Waals surface area contributed by atoms with Crippen LogP contribution in [0.3, 0.4) is 0 Å². The lowest BCUT2D eigenvalue weighted by molar-refractivity contribution is -0.146. The molecule has 0 bridgehead atoms. The fourth-order valence-corrected chi connectivity index (χ4v) is 6.99. The summed E-state index contributed by atoms with van der Waals surface area (Å²) >= 11 is 13.9. The minimum absolute atomic E-state index is 0.0938. The van der Waals surface area contributed by atoms with Gasteiger partial charge in [-0.05, 0) is 86.6 Å². The molecule has 3 aromatic carbocycles. The molecule has 0 saturated heterocycles. The lowest BCUT2D eigenvalue weighted by atomic mass is 9.94. The second-order valence-corrected chi connectivity index (χ2v) is 13.1. The Hall–Kier alpha value is -3.66. The Labute approximate surface area is 283 Å². The Morgan fingerprint density at radius 1 is 1.00 bits per heavy atom. The molecule has 0 amide bonds. The van der Waals surface area contributed by atoms with Crippen LogP contribution in [0.4, 0.5) is 5.95 Å². The molecule has 11 heteroatoms.